The molecule has 1 heterocycles. The third-order valence-electron chi connectivity index (χ3n) is 4.36. The summed E-state index contributed by atoms with van der Waals surface area (Å²) in [6, 6.07) is 6.01. The monoisotopic (exact) mass is 348 g/mol. The van der Waals surface area contributed by atoms with Crippen molar-refractivity contribution in [2.45, 2.75) is 46.6 Å². The first-order valence-electron chi connectivity index (χ1n) is 9.57. The van der Waals surface area contributed by atoms with Gasteiger partial charge in [0.05, 0.1) is 19.1 Å². The minimum atomic E-state index is 0.116. The summed E-state index contributed by atoms with van der Waals surface area (Å²) in [7, 11) is 0. The number of nitrogens with zero attached hydrogens (tertiary/aromatic N) is 1. The Labute approximate surface area is 151 Å². The van der Waals surface area contributed by atoms with E-state index in [2.05, 4.69) is 19.2 Å². The van der Waals surface area contributed by atoms with E-state index in [1.54, 1.807) is 0 Å². The van der Waals surface area contributed by atoms with Crippen LogP contribution < -0.4 is 14.8 Å². The Hall–Kier alpha value is -1.75. The predicted molar refractivity (Wildman–Crippen MR) is 100 cm³/mol. The van der Waals surface area contributed by atoms with Crippen LogP contribution >= 0.6 is 0 Å². The largest absolute Gasteiger partial charge is 0.490 e. The smallest absolute Gasteiger partial charge is 0.227 e. The SMILES string of the molecule is CCCOc1ccc(CN(CCC)C(=O)C2CCNC2)cc1OCC. The molecule has 0 aromatic heterocycles. The molecule has 0 radical (unpaired) electrons. The normalized spacial score (nSPS) is 16.7. The van der Waals surface area contributed by atoms with Gasteiger partial charge < -0.3 is 19.7 Å². The van der Waals surface area contributed by atoms with Gasteiger partial charge in [-0.05, 0) is 50.4 Å². The number of hydrogen-bond acceptors (Lipinski definition) is 4. The Morgan fingerprint density at radius 2 is 2.04 bits per heavy atom. The van der Waals surface area contributed by atoms with E-state index in [4.69, 9.17) is 9.47 Å². The van der Waals surface area contributed by atoms with Gasteiger partial charge in [0.25, 0.3) is 0 Å². The summed E-state index contributed by atoms with van der Waals surface area (Å²) in [5.41, 5.74) is 1.08. The summed E-state index contributed by atoms with van der Waals surface area (Å²) in [4.78, 5) is 14.8. The molecular weight excluding hydrogens is 316 g/mol. The molecule has 0 bridgehead atoms. The summed E-state index contributed by atoms with van der Waals surface area (Å²) in [5.74, 6) is 1.92. The molecule has 1 aliphatic heterocycles. The summed E-state index contributed by atoms with van der Waals surface area (Å²) in [6.45, 7) is 10.6. The van der Waals surface area contributed by atoms with Crippen LogP contribution in [0.2, 0.25) is 0 Å². The van der Waals surface area contributed by atoms with Crippen molar-refractivity contribution in [2.75, 3.05) is 32.8 Å². The highest BCUT2D eigenvalue weighted by molar-refractivity contribution is 5.79. The second kappa shape index (κ2) is 10.3. The second-order valence-electron chi connectivity index (χ2n) is 6.51. The number of nitrogens with one attached hydrogen (secondary N) is 1. The van der Waals surface area contributed by atoms with E-state index in [1.165, 1.54) is 0 Å². The van der Waals surface area contributed by atoms with Crippen LogP contribution in [-0.2, 0) is 11.3 Å². The van der Waals surface area contributed by atoms with Crippen molar-refractivity contribution in [3.63, 3.8) is 0 Å². The zero-order chi connectivity index (χ0) is 18.1. The van der Waals surface area contributed by atoms with Gasteiger partial charge in [0.15, 0.2) is 11.5 Å². The van der Waals surface area contributed by atoms with Crippen molar-refractivity contribution in [2.24, 2.45) is 5.92 Å². The van der Waals surface area contributed by atoms with Crippen LogP contribution in [0.3, 0.4) is 0 Å². The van der Waals surface area contributed by atoms with Gasteiger partial charge in [-0.1, -0.05) is 19.9 Å². The van der Waals surface area contributed by atoms with Crippen LogP contribution in [0, 0.1) is 5.92 Å². The maximum Gasteiger partial charge on any atom is 0.227 e. The molecule has 25 heavy (non-hydrogen) atoms. The topological polar surface area (TPSA) is 50.8 Å². The van der Waals surface area contributed by atoms with Crippen LogP contribution in [0.4, 0.5) is 0 Å². The van der Waals surface area contributed by atoms with Crippen LogP contribution in [0.25, 0.3) is 0 Å². The Bertz CT molecular complexity index is 542. The molecular formula is C20H32N2O3. The first-order valence-corrected chi connectivity index (χ1v) is 9.57. The van der Waals surface area contributed by atoms with Crippen LogP contribution in [-0.4, -0.2) is 43.7 Å². The molecule has 1 aromatic rings. The molecule has 1 fully saturated rings. The van der Waals surface area contributed by atoms with Gasteiger partial charge in [-0.3, -0.25) is 4.79 Å². The Balaban J connectivity index is 2.11. The van der Waals surface area contributed by atoms with Crippen molar-refractivity contribution < 1.29 is 14.3 Å². The molecule has 5 nitrogen and oxygen atoms in total. The van der Waals surface area contributed by atoms with E-state index in [9.17, 15) is 4.79 Å². The minimum Gasteiger partial charge on any atom is -0.490 e. The zero-order valence-electron chi connectivity index (χ0n) is 15.8. The van der Waals surface area contributed by atoms with Gasteiger partial charge in [-0.2, -0.15) is 0 Å². The average molecular weight is 348 g/mol. The van der Waals surface area contributed by atoms with E-state index in [0.717, 1.165) is 56.0 Å². The number of benzene rings is 1. The van der Waals surface area contributed by atoms with Crippen molar-refractivity contribution in [3.8, 4) is 11.5 Å². The molecule has 2 rings (SSSR count). The standard InChI is InChI=1S/C20H32N2O3/c1-4-11-22(20(23)17-9-10-21-14-17)15-16-7-8-18(25-12-5-2)19(13-16)24-6-3/h7-8,13,17,21H,4-6,9-12,14-15H2,1-3H3. The molecule has 1 aliphatic rings. The number of rotatable bonds is 10. The Morgan fingerprint density at radius 3 is 2.68 bits per heavy atom. The lowest BCUT2D eigenvalue weighted by molar-refractivity contribution is -0.135. The minimum absolute atomic E-state index is 0.116. The lowest BCUT2D eigenvalue weighted by Gasteiger charge is -2.25. The molecule has 1 amide bonds. The highest BCUT2D eigenvalue weighted by Gasteiger charge is 2.27. The maximum absolute atomic E-state index is 12.8. The van der Waals surface area contributed by atoms with Crippen molar-refractivity contribution >= 4 is 5.91 Å². The van der Waals surface area contributed by atoms with E-state index in [0.29, 0.717) is 19.8 Å². The van der Waals surface area contributed by atoms with E-state index in [1.807, 2.05) is 30.0 Å². The van der Waals surface area contributed by atoms with E-state index >= 15 is 0 Å². The van der Waals surface area contributed by atoms with Gasteiger partial charge in [-0.15, -0.1) is 0 Å². The van der Waals surface area contributed by atoms with Gasteiger partial charge in [0.1, 0.15) is 0 Å². The van der Waals surface area contributed by atoms with Gasteiger partial charge >= 0.3 is 0 Å². The fourth-order valence-electron chi connectivity index (χ4n) is 3.13. The zero-order valence-corrected chi connectivity index (χ0v) is 15.8. The van der Waals surface area contributed by atoms with Crippen molar-refractivity contribution in [1.29, 1.82) is 0 Å². The Morgan fingerprint density at radius 1 is 1.20 bits per heavy atom. The number of carbonyl (C=O) groups is 1. The van der Waals surface area contributed by atoms with Crippen LogP contribution in [0.1, 0.15) is 45.6 Å². The molecule has 5 heteroatoms. The number of carbonyl (C=O) groups excluding carboxylic acids is 1. The third-order valence-corrected chi connectivity index (χ3v) is 4.36. The Kier molecular flexibility index (Phi) is 8.06. The van der Waals surface area contributed by atoms with Crippen LogP contribution in [0.15, 0.2) is 18.2 Å². The van der Waals surface area contributed by atoms with E-state index in [-0.39, 0.29) is 11.8 Å². The molecule has 0 aliphatic carbocycles. The quantitative estimate of drug-likeness (QED) is 0.705. The molecule has 0 spiro atoms. The molecule has 1 saturated heterocycles. The van der Waals surface area contributed by atoms with E-state index < -0.39 is 0 Å². The summed E-state index contributed by atoms with van der Waals surface area (Å²) >= 11 is 0. The number of hydrogen-bond donors (Lipinski definition) is 1. The summed E-state index contributed by atoms with van der Waals surface area (Å²) in [6.07, 6.45) is 2.86. The number of ether oxygens (including phenoxy) is 2. The third kappa shape index (κ3) is 5.63. The van der Waals surface area contributed by atoms with Gasteiger partial charge in [-0.25, -0.2) is 0 Å². The van der Waals surface area contributed by atoms with Crippen LogP contribution in [0.5, 0.6) is 11.5 Å². The van der Waals surface area contributed by atoms with Crippen molar-refractivity contribution in [3.05, 3.63) is 23.8 Å². The molecule has 140 valence electrons. The molecule has 1 aromatic carbocycles. The molecule has 1 unspecified atom stereocenters. The highest BCUT2D eigenvalue weighted by Crippen LogP contribution is 2.29. The van der Waals surface area contributed by atoms with Gasteiger partial charge in [0, 0.05) is 19.6 Å². The maximum atomic E-state index is 12.8. The highest BCUT2D eigenvalue weighted by atomic mass is 16.5. The fraction of sp³-hybridized carbons (Fsp3) is 0.650. The first kappa shape index (κ1) is 19.6. The lowest BCUT2D eigenvalue weighted by atomic mass is 10.1. The second-order valence-corrected chi connectivity index (χ2v) is 6.51. The van der Waals surface area contributed by atoms with Gasteiger partial charge in [0.2, 0.25) is 5.91 Å². The first-order chi connectivity index (χ1) is 12.2. The average Bonchev–Trinajstić information content (AvgIpc) is 3.15. The molecule has 0 saturated carbocycles. The lowest BCUT2D eigenvalue weighted by Crippen LogP contribution is -2.37. The molecule has 1 atom stereocenters. The predicted octanol–water partition coefficient (Wildman–Crippen LogP) is 3.22. The summed E-state index contributed by atoms with van der Waals surface area (Å²) < 4.78 is 11.5. The summed E-state index contributed by atoms with van der Waals surface area (Å²) in [5, 5.41) is 3.28. The fourth-order valence-corrected chi connectivity index (χ4v) is 3.13. The van der Waals surface area contributed by atoms with Crippen molar-refractivity contribution in [1.82, 2.24) is 10.2 Å². The number of amides is 1. The molecule has 1 N–H and O–H groups in total.